The molecule has 2 nitrogen and oxygen atoms in total. The van der Waals surface area contributed by atoms with E-state index >= 15 is 0 Å². The highest BCUT2D eigenvalue weighted by Gasteiger charge is 2.31. The number of pyridine rings is 1. The molecule has 0 spiro atoms. The summed E-state index contributed by atoms with van der Waals surface area (Å²) < 4.78 is 51.5. The van der Waals surface area contributed by atoms with Gasteiger partial charge in [-0.25, -0.2) is 9.37 Å². The van der Waals surface area contributed by atoms with Crippen molar-refractivity contribution in [3.63, 3.8) is 0 Å². The van der Waals surface area contributed by atoms with Crippen LogP contribution in [0.3, 0.4) is 0 Å². The van der Waals surface area contributed by atoms with E-state index in [1.54, 1.807) is 0 Å². The van der Waals surface area contributed by atoms with E-state index in [2.05, 4.69) is 26.2 Å². The summed E-state index contributed by atoms with van der Waals surface area (Å²) in [6.45, 7) is 0. The molecule has 0 aliphatic rings. The van der Waals surface area contributed by atoms with Crippen LogP contribution < -0.4 is 5.32 Å². The van der Waals surface area contributed by atoms with Crippen LogP contribution in [0, 0.1) is 5.82 Å². The van der Waals surface area contributed by atoms with E-state index in [0.29, 0.717) is 10.5 Å². The third-order valence-electron chi connectivity index (χ3n) is 2.31. The molecule has 0 saturated heterocycles. The van der Waals surface area contributed by atoms with E-state index in [-0.39, 0.29) is 16.7 Å². The second-order valence-electron chi connectivity index (χ2n) is 3.81. The van der Waals surface area contributed by atoms with Crippen LogP contribution in [0.25, 0.3) is 0 Å². The van der Waals surface area contributed by atoms with Crippen LogP contribution in [0.4, 0.5) is 29.1 Å². The smallest absolute Gasteiger partial charge is 0.339 e. The predicted octanol–water partition coefficient (Wildman–Crippen LogP) is 5.40. The molecule has 8 heteroatoms. The van der Waals surface area contributed by atoms with Crippen molar-refractivity contribution in [2.75, 3.05) is 5.32 Å². The van der Waals surface area contributed by atoms with Crippen LogP contribution >= 0.6 is 27.5 Å². The maximum atomic E-state index is 13.1. The SMILES string of the molecule is Fc1ccc(Br)c(Nc2cc(C(F)(F)F)cc(Cl)n2)c1. The minimum Gasteiger partial charge on any atom is -0.339 e. The number of nitrogens with one attached hydrogen (secondary N) is 1. The number of nitrogens with zero attached hydrogens (tertiary/aromatic N) is 1. The molecule has 1 N–H and O–H groups in total. The zero-order valence-corrected chi connectivity index (χ0v) is 11.9. The molecule has 0 aliphatic carbocycles. The van der Waals surface area contributed by atoms with Crippen molar-refractivity contribution in [2.24, 2.45) is 0 Å². The normalized spacial score (nSPS) is 11.5. The molecular weight excluding hydrogens is 363 g/mol. The summed E-state index contributed by atoms with van der Waals surface area (Å²) in [7, 11) is 0. The molecule has 0 aliphatic heterocycles. The first-order chi connectivity index (χ1) is 9.25. The van der Waals surface area contributed by atoms with Crippen LogP contribution in [-0.2, 0) is 6.18 Å². The monoisotopic (exact) mass is 368 g/mol. The topological polar surface area (TPSA) is 24.9 Å². The lowest BCUT2D eigenvalue weighted by Crippen LogP contribution is -2.07. The lowest BCUT2D eigenvalue weighted by Gasteiger charge is -2.11. The van der Waals surface area contributed by atoms with Gasteiger partial charge in [0.1, 0.15) is 16.8 Å². The van der Waals surface area contributed by atoms with E-state index in [4.69, 9.17) is 11.6 Å². The summed E-state index contributed by atoms with van der Waals surface area (Å²) in [5, 5.41) is 2.27. The third-order valence-corrected chi connectivity index (χ3v) is 3.20. The number of alkyl halides is 3. The molecule has 1 heterocycles. The lowest BCUT2D eigenvalue weighted by molar-refractivity contribution is -0.137. The van der Waals surface area contributed by atoms with Crippen molar-refractivity contribution in [1.82, 2.24) is 4.98 Å². The lowest BCUT2D eigenvalue weighted by atomic mass is 10.2. The number of aromatic nitrogens is 1. The summed E-state index contributed by atoms with van der Waals surface area (Å²) >= 11 is 8.71. The highest BCUT2D eigenvalue weighted by atomic mass is 79.9. The van der Waals surface area contributed by atoms with Crippen molar-refractivity contribution >= 4 is 39.0 Å². The number of rotatable bonds is 2. The molecule has 1 aromatic heterocycles. The van der Waals surface area contributed by atoms with Crippen LogP contribution in [-0.4, -0.2) is 4.98 Å². The van der Waals surface area contributed by atoms with Gasteiger partial charge in [0.15, 0.2) is 0 Å². The minimum absolute atomic E-state index is 0.129. The summed E-state index contributed by atoms with van der Waals surface area (Å²) in [6, 6.07) is 5.27. The fourth-order valence-electron chi connectivity index (χ4n) is 1.46. The second kappa shape index (κ2) is 5.57. The molecule has 2 rings (SSSR count). The van der Waals surface area contributed by atoms with Gasteiger partial charge in [0.2, 0.25) is 0 Å². The minimum atomic E-state index is -4.54. The quantitative estimate of drug-likeness (QED) is 0.566. The van der Waals surface area contributed by atoms with Gasteiger partial charge in [-0.2, -0.15) is 13.2 Å². The van der Waals surface area contributed by atoms with Gasteiger partial charge >= 0.3 is 6.18 Å². The maximum absolute atomic E-state index is 13.1. The molecule has 0 radical (unpaired) electrons. The van der Waals surface area contributed by atoms with Gasteiger partial charge in [0.25, 0.3) is 0 Å². The van der Waals surface area contributed by atoms with E-state index in [1.165, 1.54) is 12.1 Å². The Morgan fingerprint density at radius 3 is 2.50 bits per heavy atom. The molecule has 1 aromatic carbocycles. The summed E-state index contributed by atoms with van der Waals surface area (Å²) in [6.07, 6.45) is -4.54. The standard InChI is InChI=1S/C12H6BrClF4N2/c13-8-2-1-7(15)5-9(8)19-11-4-6(12(16,17)18)3-10(14)20-11/h1-5H,(H,19,20). The van der Waals surface area contributed by atoms with Crippen LogP contribution in [0.5, 0.6) is 0 Å². The molecule has 0 saturated carbocycles. The van der Waals surface area contributed by atoms with Crippen LogP contribution in [0.1, 0.15) is 5.56 Å². The summed E-state index contributed by atoms with van der Waals surface area (Å²) in [5.74, 6) is -0.662. The van der Waals surface area contributed by atoms with Gasteiger partial charge in [0, 0.05) is 4.47 Å². The van der Waals surface area contributed by atoms with Crippen molar-refractivity contribution in [1.29, 1.82) is 0 Å². The molecule has 0 amide bonds. The van der Waals surface area contributed by atoms with Gasteiger partial charge < -0.3 is 5.32 Å². The van der Waals surface area contributed by atoms with Gasteiger partial charge in [0.05, 0.1) is 11.3 Å². The molecule has 20 heavy (non-hydrogen) atoms. The molecule has 2 aromatic rings. The van der Waals surface area contributed by atoms with E-state index in [9.17, 15) is 17.6 Å². The van der Waals surface area contributed by atoms with Gasteiger partial charge in [-0.15, -0.1) is 0 Å². The largest absolute Gasteiger partial charge is 0.416 e. The summed E-state index contributed by atoms with van der Waals surface area (Å²) in [5.41, 5.74) is -0.694. The zero-order chi connectivity index (χ0) is 14.9. The van der Waals surface area contributed by atoms with Crippen molar-refractivity contribution < 1.29 is 17.6 Å². The van der Waals surface area contributed by atoms with Crippen LogP contribution in [0.2, 0.25) is 5.15 Å². The van der Waals surface area contributed by atoms with Crippen LogP contribution in [0.15, 0.2) is 34.8 Å². The molecular formula is C12H6BrClF4N2. The van der Waals surface area contributed by atoms with E-state index < -0.39 is 17.6 Å². The van der Waals surface area contributed by atoms with Gasteiger partial charge in [-0.3, -0.25) is 0 Å². The number of halogens is 6. The van der Waals surface area contributed by atoms with Crippen molar-refractivity contribution in [2.45, 2.75) is 6.18 Å². The van der Waals surface area contributed by atoms with Gasteiger partial charge in [-0.1, -0.05) is 11.6 Å². The molecule has 0 unspecified atom stereocenters. The Labute approximate surface area is 124 Å². The van der Waals surface area contributed by atoms with E-state index in [0.717, 1.165) is 12.1 Å². The Hall–Kier alpha value is -1.34. The Balaban J connectivity index is 2.39. The van der Waals surface area contributed by atoms with Crippen molar-refractivity contribution in [3.8, 4) is 0 Å². The predicted molar refractivity (Wildman–Crippen MR) is 71.6 cm³/mol. The second-order valence-corrected chi connectivity index (χ2v) is 5.05. The fraction of sp³-hybridized carbons (Fsp3) is 0.0833. The molecule has 0 bridgehead atoms. The maximum Gasteiger partial charge on any atom is 0.416 e. The molecule has 0 atom stereocenters. The Kier molecular flexibility index (Phi) is 4.19. The Morgan fingerprint density at radius 2 is 1.85 bits per heavy atom. The average Bonchev–Trinajstić information content (AvgIpc) is 2.32. The number of hydrogen-bond donors (Lipinski definition) is 1. The fourth-order valence-corrected chi connectivity index (χ4v) is 2.01. The Bertz CT molecular complexity index is 646. The number of hydrogen-bond acceptors (Lipinski definition) is 2. The van der Waals surface area contributed by atoms with Crippen molar-refractivity contribution in [3.05, 3.63) is 51.3 Å². The average molecular weight is 370 g/mol. The summed E-state index contributed by atoms with van der Waals surface area (Å²) in [4.78, 5) is 3.72. The first-order valence-corrected chi connectivity index (χ1v) is 6.39. The highest BCUT2D eigenvalue weighted by molar-refractivity contribution is 9.10. The zero-order valence-electron chi connectivity index (χ0n) is 9.60. The first kappa shape index (κ1) is 15.1. The molecule has 106 valence electrons. The van der Waals surface area contributed by atoms with Gasteiger partial charge in [-0.05, 0) is 46.3 Å². The first-order valence-electron chi connectivity index (χ1n) is 5.22. The third kappa shape index (κ3) is 3.61. The number of benzene rings is 1. The highest BCUT2D eigenvalue weighted by Crippen LogP contribution is 2.33. The molecule has 0 fully saturated rings. The van der Waals surface area contributed by atoms with E-state index in [1.807, 2.05) is 0 Å². The number of anilines is 2. The Morgan fingerprint density at radius 1 is 1.15 bits per heavy atom.